The first kappa shape index (κ1) is 17.4. The average Bonchev–Trinajstić information content (AvgIpc) is 2.62. The molecule has 0 unspecified atom stereocenters. The number of benzene rings is 1. The number of ether oxygens (including phenoxy) is 1. The largest absolute Gasteiger partial charge is 0.388 e. The van der Waals surface area contributed by atoms with Gasteiger partial charge in [0.1, 0.15) is 0 Å². The molecule has 0 amide bonds. The first-order chi connectivity index (χ1) is 11.7. The van der Waals surface area contributed by atoms with Gasteiger partial charge >= 0.3 is 0 Å². The monoisotopic (exact) mass is 329 g/mol. The Labute approximate surface area is 144 Å². The van der Waals surface area contributed by atoms with Crippen molar-refractivity contribution in [3.63, 3.8) is 0 Å². The maximum absolute atomic E-state index is 10.5. The Morgan fingerprint density at radius 3 is 2.50 bits per heavy atom. The molecule has 2 heterocycles. The quantitative estimate of drug-likeness (QED) is 0.860. The fraction of sp³-hybridized carbons (Fsp3) is 0.632. The van der Waals surface area contributed by atoms with Gasteiger partial charge in [-0.1, -0.05) is 12.1 Å². The zero-order valence-electron chi connectivity index (χ0n) is 14.2. The second kappa shape index (κ2) is 8.09. The van der Waals surface area contributed by atoms with Crippen molar-refractivity contribution < 1.29 is 9.84 Å². The molecule has 2 saturated heterocycles. The van der Waals surface area contributed by atoms with E-state index in [-0.39, 0.29) is 0 Å². The Hall–Kier alpha value is -1.45. The average molecular weight is 329 g/mol. The van der Waals surface area contributed by atoms with Gasteiger partial charge in [0, 0.05) is 45.2 Å². The number of rotatable bonds is 5. The summed E-state index contributed by atoms with van der Waals surface area (Å²) in [4.78, 5) is 2.46. The van der Waals surface area contributed by atoms with Gasteiger partial charge in [0.25, 0.3) is 0 Å². The molecule has 3 rings (SSSR count). The van der Waals surface area contributed by atoms with E-state index in [1.54, 1.807) is 0 Å². The summed E-state index contributed by atoms with van der Waals surface area (Å²) < 4.78 is 5.33. The summed E-state index contributed by atoms with van der Waals surface area (Å²) in [6, 6.07) is 10.5. The van der Waals surface area contributed by atoms with E-state index in [9.17, 15) is 5.11 Å². The summed E-state index contributed by atoms with van der Waals surface area (Å²) in [6.07, 6.45) is 3.70. The van der Waals surface area contributed by atoms with Crippen molar-refractivity contribution in [3.8, 4) is 6.07 Å². The van der Waals surface area contributed by atoms with Gasteiger partial charge in [-0.3, -0.25) is 4.90 Å². The minimum absolute atomic E-state index is 0.495. The molecule has 5 nitrogen and oxygen atoms in total. The second-order valence-electron chi connectivity index (χ2n) is 7.08. The maximum atomic E-state index is 10.5. The van der Waals surface area contributed by atoms with Gasteiger partial charge in [0.05, 0.1) is 17.2 Å². The van der Waals surface area contributed by atoms with E-state index in [1.165, 1.54) is 5.56 Å². The minimum Gasteiger partial charge on any atom is -0.388 e. The van der Waals surface area contributed by atoms with Crippen LogP contribution in [0.25, 0.3) is 0 Å². The van der Waals surface area contributed by atoms with Gasteiger partial charge < -0.3 is 15.2 Å². The Morgan fingerprint density at radius 2 is 1.88 bits per heavy atom. The van der Waals surface area contributed by atoms with Crippen LogP contribution >= 0.6 is 0 Å². The van der Waals surface area contributed by atoms with Crippen LogP contribution in [0.2, 0.25) is 0 Å². The first-order valence-corrected chi connectivity index (χ1v) is 8.92. The maximum Gasteiger partial charge on any atom is 0.0991 e. The number of aliphatic hydroxyl groups is 1. The Kier molecular flexibility index (Phi) is 5.85. The molecule has 24 heavy (non-hydrogen) atoms. The summed E-state index contributed by atoms with van der Waals surface area (Å²) in [5.74, 6) is 0. The molecule has 2 fully saturated rings. The normalized spacial score (nSPS) is 22.2. The molecular weight excluding hydrogens is 302 g/mol. The predicted octanol–water partition coefficient (Wildman–Crippen LogP) is 1.65. The molecule has 0 spiro atoms. The van der Waals surface area contributed by atoms with Crippen LogP contribution in [0.1, 0.15) is 36.8 Å². The van der Waals surface area contributed by atoms with Gasteiger partial charge in [-0.05, 0) is 43.6 Å². The highest BCUT2D eigenvalue weighted by molar-refractivity contribution is 5.31. The van der Waals surface area contributed by atoms with E-state index in [0.29, 0.717) is 31.4 Å². The molecule has 0 atom stereocenters. The summed E-state index contributed by atoms with van der Waals surface area (Å²) in [5.41, 5.74) is 1.39. The van der Waals surface area contributed by atoms with Crippen molar-refractivity contribution >= 4 is 0 Å². The number of piperidine rings is 1. The molecule has 0 aliphatic carbocycles. The molecule has 2 N–H and O–H groups in total. The van der Waals surface area contributed by atoms with Crippen LogP contribution in [0.3, 0.4) is 0 Å². The highest BCUT2D eigenvalue weighted by Gasteiger charge is 2.30. The Morgan fingerprint density at radius 1 is 1.21 bits per heavy atom. The number of likely N-dealkylation sites (tertiary alicyclic amines) is 1. The van der Waals surface area contributed by atoms with Crippen molar-refractivity contribution in [3.05, 3.63) is 35.4 Å². The minimum atomic E-state index is -0.585. The van der Waals surface area contributed by atoms with Gasteiger partial charge in [-0.15, -0.1) is 0 Å². The van der Waals surface area contributed by atoms with Crippen LogP contribution in [0.5, 0.6) is 0 Å². The fourth-order valence-corrected chi connectivity index (χ4v) is 3.50. The van der Waals surface area contributed by atoms with Crippen LogP contribution in [-0.4, -0.2) is 54.5 Å². The number of hydrogen-bond donors (Lipinski definition) is 2. The van der Waals surface area contributed by atoms with Gasteiger partial charge in [0.15, 0.2) is 0 Å². The molecule has 1 aromatic rings. The second-order valence-corrected chi connectivity index (χ2v) is 7.08. The molecule has 2 aliphatic rings. The highest BCUT2D eigenvalue weighted by atomic mass is 16.5. The van der Waals surface area contributed by atoms with Crippen LogP contribution in [0, 0.1) is 11.3 Å². The number of nitrogens with one attached hydrogen (secondary N) is 1. The third kappa shape index (κ3) is 4.78. The van der Waals surface area contributed by atoms with Crippen molar-refractivity contribution in [2.24, 2.45) is 0 Å². The SMILES string of the molecule is N#Cc1ccc(CN2CCC(NCC3(O)CCOCC3)CC2)cc1. The zero-order valence-corrected chi connectivity index (χ0v) is 14.2. The standard InChI is InChI=1S/C19H27N3O2/c20-13-16-1-3-17(4-2-16)14-22-9-5-18(6-10-22)21-15-19(23)7-11-24-12-8-19/h1-4,18,21,23H,5-12,14-15H2. The lowest BCUT2D eigenvalue weighted by Crippen LogP contribution is -2.50. The van der Waals surface area contributed by atoms with E-state index >= 15 is 0 Å². The summed E-state index contributed by atoms with van der Waals surface area (Å²) in [6.45, 7) is 5.09. The molecule has 2 aliphatic heterocycles. The fourth-order valence-electron chi connectivity index (χ4n) is 3.50. The van der Waals surface area contributed by atoms with Gasteiger partial charge in [-0.25, -0.2) is 0 Å². The number of hydrogen-bond acceptors (Lipinski definition) is 5. The van der Waals surface area contributed by atoms with Gasteiger partial charge in [0.2, 0.25) is 0 Å². The van der Waals surface area contributed by atoms with E-state index in [2.05, 4.69) is 16.3 Å². The first-order valence-electron chi connectivity index (χ1n) is 8.92. The highest BCUT2D eigenvalue weighted by Crippen LogP contribution is 2.21. The molecule has 5 heteroatoms. The lowest BCUT2D eigenvalue weighted by molar-refractivity contribution is -0.0635. The third-order valence-corrected chi connectivity index (χ3v) is 5.22. The van der Waals surface area contributed by atoms with E-state index in [4.69, 9.17) is 10.00 Å². The van der Waals surface area contributed by atoms with Gasteiger partial charge in [-0.2, -0.15) is 5.26 Å². The van der Waals surface area contributed by atoms with E-state index in [1.807, 2.05) is 24.3 Å². The molecule has 0 aromatic heterocycles. The summed E-state index contributed by atoms with van der Waals surface area (Å²) >= 11 is 0. The smallest absolute Gasteiger partial charge is 0.0991 e. The predicted molar refractivity (Wildman–Crippen MR) is 92.5 cm³/mol. The van der Waals surface area contributed by atoms with Crippen LogP contribution in [0.15, 0.2) is 24.3 Å². The van der Waals surface area contributed by atoms with E-state index < -0.39 is 5.60 Å². The molecule has 0 saturated carbocycles. The molecule has 1 aromatic carbocycles. The third-order valence-electron chi connectivity index (χ3n) is 5.22. The number of nitriles is 1. The van der Waals surface area contributed by atoms with Crippen molar-refractivity contribution in [1.29, 1.82) is 5.26 Å². The summed E-state index contributed by atoms with van der Waals surface area (Å²) in [5, 5.41) is 22.9. The topological polar surface area (TPSA) is 68.5 Å². The Bertz CT molecular complexity index is 553. The molecule has 0 bridgehead atoms. The van der Waals surface area contributed by atoms with Crippen LogP contribution < -0.4 is 5.32 Å². The Balaban J connectivity index is 1.39. The van der Waals surface area contributed by atoms with E-state index in [0.717, 1.165) is 45.3 Å². The van der Waals surface area contributed by atoms with Crippen LogP contribution in [-0.2, 0) is 11.3 Å². The molecular formula is C19H27N3O2. The molecule has 0 radical (unpaired) electrons. The molecule has 130 valence electrons. The van der Waals surface area contributed by atoms with Crippen molar-refractivity contribution in [2.45, 2.75) is 43.9 Å². The zero-order chi connectivity index (χ0) is 16.8. The lowest BCUT2D eigenvalue weighted by Gasteiger charge is -2.36. The van der Waals surface area contributed by atoms with Crippen LogP contribution in [0.4, 0.5) is 0 Å². The van der Waals surface area contributed by atoms with Crippen molar-refractivity contribution in [1.82, 2.24) is 10.2 Å². The lowest BCUT2D eigenvalue weighted by atomic mass is 9.93. The number of nitrogens with zero attached hydrogens (tertiary/aromatic N) is 2. The van der Waals surface area contributed by atoms with Crippen molar-refractivity contribution in [2.75, 3.05) is 32.8 Å². The summed E-state index contributed by atoms with van der Waals surface area (Å²) in [7, 11) is 0.